The number of rotatable bonds is 5. The van der Waals surface area contributed by atoms with Gasteiger partial charge in [-0.15, -0.1) is 0 Å². The Hall–Kier alpha value is -0.760. The topological polar surface area (TPSA) is 16.1 Å². The molecule has 0 bridgehead atoms. The zero-order chi connectivity index (χ0) is 12.5. The van der Waals surface area contributed by atoms with Crippen LogP contribution in [0.15, 0.2) is 12.3 Å². The molecule has 2 rings (SSSR count). The van der Waals surface area contributed by atoms with Gasteiger partial charge in [0.15, 0.2) is 0 Å². The quantitative estimate of drug-likeness (QED) is 0.786. The molecular formula is C14H21ClN2. The highest BCUT2D eigenvalue weighted by molar-refractivity contribution is 6.31. The van der Waals surface area contributed by atoms with E-state index in [-0.39, 0.29) is 0 Å². The summed E-state index contributed by atoms with van der Waals surface area (Å²) in [7, 11) is 0. The van der Waals surface area contributed by atoms with Gasteiger partial charge in [-0.05, 0) is 37.7 Å². The van der Waals surface area contributed by atoms with Gasteiger partial charge < -0.3 is 4.90 Å². The van der Waals surface area contributed by atoms with E-state index < -0.39 is 0 Å². The second kappa shape index (κ2) is 4.85. The van der Waals surface area contributed by atoms with E-state index in [4.69, 9.17) is 11.6 Å². The average molecular weight is 253 g/mol. The van der Waals surface area contributed by atoms with Crippen molar-refractivity contribution in [3.8, 4) is 0 Å². The Morgan fingerprint density at radius 3 is 2.76 bits per heavy atom. The third-order valence-corrected chi connectivity index (χ3v) is 3.99. The maximum Gasteiger partial charge on any atom is 0.132 e. The van der Waals surface area contributed by atoms with Crippen LogP contribution in [0.3, 0.4) is 0 Å². The normalized spacial score (nSPS) is 16.9. The van der Waals surface area contributed by atoms with Crippen LogP contribution in [-0.4, -0.2) is 18.1 Å². The third-order valence-electron chi connectivity index (χ3n) is 3.58. The molecule has 0 saturated heterocycles. The lowest BCUT2D eigenvalue weighted by molar-refractivity contribution is 0.543. The zero-order valence-corrected chi connectivity index (χ0v) is 11.7. The molecule has 0 amide bonds. The minimum atomic E-state index is 0.506. The van der Waals surface area contributed by atoms with Gasteiger partial charge in [0.05, 0.1) is 0 Å². The lowest BCUT2D eigenvalue weighted by atomic mass is 10.1. The van der Waals surface area contributed by atoms with Crippen LogP contribution in [0.25, 0.3) is 0 Å². The summed E-state index contributed by atoms with van der Waals surface area (Å²) in [6.45, 7) is 8.79. The molecule has 1 aromatic heterocycles. The largest absolute Gasteiger partial charge is 0.356 e. The van der Waals surface area contributed by atoms with Gasteiger partial charge in [0.1, 0.15) is 5.82 Å². The molecule has 0 spiro atoms. The van der Waals surface area contributed by atoms with E-state index in [0.717, 1.165) is 35.9 Å². The van der Waals surface area contributed by atoms with Crippen LogP contribution in [0.5, 0.6) is 0 Å². The van der Waals surface area contributed by atoms with E-state index in [1.54, 1.807) is 0 Å². The van der Waals surface area contributed by atoms with Crippen molar-refractivity contribution in [2.24, 2.45) is 5.41 Å². The molecule has 1 heterocycles. The van der Waals surface area contributed by atoms with Crippen molar-refractivity contribution in [1.82, 2.24) is 4.98 Å². The summed E-state index contributed by atoms with van der Waals surface area (Å²) >= 11 is 6.18. The van der Waals surface area contributed by atoms with E-state index in [1.165, 1.54) is 12.8 Å². The first-order valence-electron chi connectivity index (χ1n) is 6.42. The van der Waals surface area contributed by atoms with Crippen LogP contribution in [0, 0.1) is 12.3 Å². The van der Waals surface area contributed by atoms with E-state index >= 15 is 0 Å². The zero-order valence-electron chi connectivity index (χ0n) is 11.0. The maximum atomic E-state index is 6.18. The fourth-order valence-electron chi connectivity index (χ4n) is 2.18. The molecule has 0 unspecified atom stereocenters. The first-order chi connectivity index (χ1) is 8.06. The Bertz CT molecular complexity index is 399. The highest BCUT2D eigenvalue weighted by atomic mass is 35.5. The predicted molar refractivity (Wildman–Crippen MR) is 73.8 cm³/mol. The molecule has 2 nitrogen and oxygen atoms in total. The Labute approximate surface area is 109 Å². The minimum Gasteiger partial charge on any atom is -0.356 e. The molecule has 1 aromatic rings. The lowest BCUT2D eigenvalue weighted by Gasteiger charge is -2.28. The van der Waals surface area contributed by atoms with Crippen LogP contribution in [0.4, 0.5) is 5.82 Å². The summed E-state index contributed by atoms with van der Waals surface area (Å²) in [4.78, 5) is 6.91. The summed E-state index contributed by atoms with van der Waals surface area (Å²) in [6, 6.07) is 1.86. The molecule has 0 atom stereocenters. The summed E-state index contributed by atoms with van der Waals surface area (Å²) in [6.07, 6.45) is 5.63. The minimum absolute atomic E-state index is 0.506. The number of pyridine rings is 1. The maximum absolute atomic E-state index is 6.18. The summed E-state index contributed by atoms with van der Waals surface area (Å²) in [5.41, 5.74) is 1.61. The summed E-state index contributed by atoms with van der Waals surface area (Å²) in [5, 5.41) is 0.817. The van der Waals surface area contributed by atoms with Crippen molar-refractivity contribution in [2.45, 2.75) is 40.0 Å². The Balaban J connectivity index is 2.22. The number of hydrogen-bond donors (Lipinski definition) is 0. The predicted octanol–water partition coefficient (Wildman–Crippen LogP) is 4.06. The van der Waals surface area contributed by atoms with Crippen molar-refractivity contribution < 1.29 is 0 Å². The molecule has 1 aliphatic rings. The fourth-order valence-corrected chi connectivity index (χ4v) is 2.32. The fraction of sp³-hybridized carbons (Fsp3) is 0.643. The second-order valence-corrected chi connectivity index (χ2v) is 5.88. The Morgan fingerprint density at radius 2 is 2.18 bits per heavy atom. The summed E-state index contributed by atoms with van der Waals surface area (Å²) < 4.78 is 0. The molecule has 1 aliphatic carbocycles. The van der Waals surface area contributed by atoms with E-state index in [9.17, 15) is 0 Å². The SMILES string of the molecule is CCCN(CC1(C)CC1)c1nccc(Cl)c1C. The average Bonchev–Trinajstić information content (AvgIpc) is 3.00. The van der Waals surface area contributed by atoms with Crippen molar-refractivity contribution in [3.63, 3.8) is 0 Å². The van der Waals surface area contributed by atoms with Gasteiger partial charge in [0.25, 0.3) is 0 Å². The molecule has 1 fully saturated rings. The Kier molecular flexibility index (Phi) is 3.62. The van der Waals surface area contributed by atoms with Gasteiger partial charge in [-0.3, -0.25) is 0 Å². The van der Waals surface area contributed by atoms with Crippen LogP contribution < -0.4 is 4.90 Å². The van der Waals surface area contributed by atoms with Gasteiger partial charge in [0, 0.05) is 29.9 Å². The molecule has 0 aromatic carbocycles. The van der Waals surface area contributed by atoms with E-state index in [2.05, 4.69) is 30.7 Å². The molecule has 0 radical (unpaired) electrons. The van der Waals surface area contributed by atoms with Crippen LogP contribution >= 0.6 is 11.6 Å². The van der Waals surface area contributed by atoms with Gasteiger partial charge in [-0.25, -0.2) is 4.98 Å². The number of hydrogen-bond acceptors (Lipinski definition) is 2. The molecule has 94 valence electrons. The van der Waals surface area contributed by atoms with Crippen molar-refractivity contribution in [3.05, 3.63) is 22.8 Å². The van der Waals surface area contributed by atoms with Crippen LogP contribution in [0.1, 0.15) is 38.7 Å². The molecule has 0 aliphatic heterocycles. The molecule has 17 heavy (non-hydrogen) atoms. The van der Waals surface area contributed by atoms with Gasteiger partial charge in [-0.2, -0.15) is 0 Å². The molecule has 0 N–H and O–H groups in total. The van der Waals surface area contributed by atoms with Crippen LogP contribution in [-0.2, 0) is 0 Å². The Morgan fingerprint density at radius 1 is 1.47 bits per heavy atom. The van der Waals surface area contributed by atoms with Crippen LogP contribution in [0.2, 0.25) is 5.02 Å². The third kappa shape index (κ3) is 2.92. The molecular weight excluding hydrogens is 232 g/mol. The van der Waals surface area contributed by atoms with E-state index in [0.29, 0.717) is 5.41 Å². The van der Waals surface area contributed by atoms with Gasteiger partial charge in [0.2, 0.25) is 0 Å². The first kappa shape index (κ1) is 12.7. The van der Waals surface area contributed by atoms with E-state index in [1.807, 2.05) is 12.3 Å². The molecule has 1 saturated carbocycles. The van der Waals surface area contributed by atoms with Gasteiger partial charge >= 0.3 is 0 Å². The number of anilines is 1. The van der Waals surface area contributed by atoms with Gasteiger partial charge in [-0.1, -0.05) is 25.4 Å². The lowest BCUT2D eigenvalue weighted by Crippen LogP contribution is -2.31. The second-order valence-electron chi connectivity index (χ2n) is 5.47. The number of halogens is 1. The van der Waals surface area contributed by atoms with Crippen molar-refractivity contribution >= 4 is 17.4 Å². The van der Waals surface area contributed by atoms with Crippen molar-refractivity contribution in [2.75, 3.05) is 18.0 Å². The number of aromatic nitrogens is 1. The monoisotopic (exact) mass is 252 g/mol. The summed E-state index contributed by atoms with van der Waals surface area (Å²) in [5.74, 6) is 1.06. The smallest absolute Gasteiger partial charge is 0.132 e. The highest BCUT2D eigenvalue weighted by Crippen LogP contribution is 2.46. The highest BCUT2D eigenvalue weighted by Gasteiger charge is 2.39. The van der Waals surface area contributed by atoms with Crippen molar-refractivity contribution in [1.29, 1.82) is 0 Å². The number of nitrogens with zero attached hydrogens (tertiary/aromatic N) is 2. The standard InChI is InChI=1S/C14H21ClN2/c1-4-9-17(10-14(3)6-7-14)13-11(2)12(15)5-8-16-13/h5,8H,4,6-7,9-10H2,1-3H3. The first-order valence-corrected chi connectivity index (χ1v) is 6.79. The molecule has 3 heteroatoms.